The van der Waals surface area contributed by atoms with Gasteiger partial charge in [-0.2, -0.15) is 5.10 Å². The van der Waals surface area contributed by atoms with Crippen LogP contribution in [-0.2, 0) is 10.0 Å². The molecule has 158 valence electrons. The number of amides is 1. The van der Waals surface area contributed by atoms with Crippen molar-refractivity contribution in [1.29, 1.82) is 0 Å². The van der Waals surface area contributed by atoms with E-state index in [1.165, 1.54) is 4.68 Å². The highest BCUT2D eigenvalue weighted by atomic mass is 16.2. The molecule has 32 heavy (non-hydrogen) atoms. The molecule has 1 N–H and O–H groups in total. The number of rotatable bonds is 6. The Kier molecular flexibility index (Phi) is 6.42. The van der Waals surface area contributed by atoms with E-state index in [1.807, 2.05) is 18.2 Å². The summed E-state index contributed by atoms with van der Waals surface area (Å²) in [6.07, 6.45) is 6.73. The molecule has 1 aliphatic rings. The molecule has 1 fully saturated rings. The molecule has 4 rings (SSSR count). The van der Waals surface area contributed by atoms with Gasteiger partial charge in [-0.05, 0) is 48.7 Å². The second-order valence-electron chi connectivity index (χ2n) is 8.99. The molecule has 6 radical (unpaired) electrons. The van der Waals surface area contributed by atoms with Crippen LogP contribution in [0.15, 0.2) is 36.8 Å². The zero-order valence-corrected chi connectivity index (χ0v) is 18.5. The van der Waals surface area contributed by atoms with Crippen LogP contribution in [0.5, 0.6) is 0 Å². The highest BCUT2D eigenvalue weighted by molar-refractivity contribution is 6.56. The number of carbonyl (C=O) groups is 1. The molecule has 0 unspecified atom stereocenters. The second-order valence-corrected chi connectivity index (χ2v) is 8.99. The van der Waals surface area contributed by atoms with Gasteiger partial charge >= 0.3 is 0 Å². The molecule has 0 saturated carbocycles. The van der Waals surface area contributed by atoms with Crippen molar-refractivity contribution >= 4 is 46.3 Å². The summed E-state index contributed by atoms with van der Waals surface area (Å²) in [5, 5.41) is 6.32. The van der Waals surface area contributed by atoms with Crippen molar-refractivity contribution in [3.05, 3.63) is 36.8 Å². The first-order chi connectivity index (χ1) is 15.2. The summed E-state index contributed by atoms with van der Waals surface area (Å²) < 4.78 is 1.30. The lowest BCUT2D eigenvalue weighted by molar-refractivity contribution is -0.121. The minimum Gasteiger partial charge on any atom is -0.303 e. The molecule has 7 nitrogen and oxygen atoms in total. The van der Waals surface area contributed by atoms with Gasteiger partial charge in [-0.1, -0.05) is 26.0 Å². The molecule has 0 atom stereocenters. The Morgan fingerprint density at radius 1 is 1.19 bits per heavy atom. The van der Waals surface area contributed by atoms with E-state index in [1.54, 1.807) is 18.6 Å². The average molecular weight is 422 g/mol. The van der Waals surface area contributed by atoms with E-state index in [4.69, 9.17) is 23.5 Å². The van der Waals surface area contributed by atoms with Crippen molar-refractivity contribution in [2.24, 2.45) is 11.8 Å². The number of fused-ring (bicyclic) bond motifs is 1. The lowest BCUT2D eigenvalue weighted by atomic mass is 9.49. The van der Waals surface area contributed by atoms with Gasteiger partial charge in [0.2, 0.25) is 11.9 Å². The summed E-state index contributed by atoms with van der Waals surface area (Å²) >= 11 is 0. The third kappa shape index (κ3) is 5.23. The van der Waals surface area contributed by atoms with Crippen molar-refractivity contribution in [2.45, 2.75) is 31.9 Å². The molecule has 3 aromatic rings. The summed E-state index contributed by atoms with van der Waals surface area (Å²) in [5.74, 6) is 0.911. The number of anilines is 1. The van der Waals surface area contributed by atoms with E-state index < -0.39 is 5.24 Å². The molecular formula is C22H25B3N6O. The lowest BCUT2D eigenvalue weighted by Crippen LogP contribution is -2.39. The van der Waals surface area contributed by atoms with E-state index in [-0.39, 0.29) is 11.8 Å². The third-order valence-corrected chi connectivity index (χ3v) is 5.71. The summed E-state index contributed by atoms with van der Waals surface area (Å²) in [6, 6.07) is 5.75. The first kappa shape index (κ1) is 22.6. The Hall–Kier alpha value is -2.61. The molecule has 1 aliphatic heterocycles. The van der Waals surface area contributed by atoms with E-state index in [2.05, 4.69) is 39.1 Å². The summed E-state index contributed by atoms with van der Waals surface area (Å²) in [4.78, 5) is 24.1. The topological polar surface area (TPSA) is 75.9 Å². The zero-order valence-electron chi connectivity index (χ0n) is 18.5. The molecule has 1 saturated heterocycles. The van der Waals surface area contributed by atoms with Gasteiger partial charge in [0.05, 0.1) is 35.3 Å². The molecule has 2 aromatic heterocycles. The van der Waals surface area contributed by atoms with Crippen LogP contribution in [0, 0.1) is 11.8 Å². The largest absolute Gasteiger partial charge is 0.303 e. The maximum absolute atomic E-state index is 12.8. The first-order valence-corrected chi connectivity index (χ1v) is 10.9. The predicted molar refractivity (Wildman–Crippen MR) is 129 cm³/mol. The molecule has 0 bridgehead atoms. The molecule has 0 spiro atoms. The fourth-order valence-corrected chi connectivity index (χ4v) is 4.05. The van der Waals surface area contributed by atoms with E-state index in [9.17, 15) is 4.79 Å². The van der Waals surface area contributed by atoms with Gasteiger partial charge in [-0.3, -0.25) is 14.8 Å². The van der Waals surface area contributed by atoms with Gasteiger partial charge in [0, 0.05) is 35.8 Å². The Morgan fingerprint density at radius 2 is 1.94 bits per heavy atom. The Bertz CT molecular complexity index is 1100. The van der Waals surface area contributed by atoms with Crippen LogP contribution in [0.2, 0.25) is 0 Å². The monoisotopic (exact) mass is 422 g/mol. The maximum atomic E-state index is 12.8. The average Bonchev–Trinajstić information content (AvgIpc) is 3.24. The van der Waals surface area contributed by atoms with Gasteiger partial charge < -0.3 is 4.90 Å². The van der Waals surface area contributed by atoms with Crippen LogP contribution in [0.25, 0.3) is 22.0 Å². The molecule has 3 heterocycles. The molecule has 10 heteroatoms. The number of nitrogens with one attached hydrogen (secondary N) is 1. The first-order valence-electron chi connectivity index (χ1n) is 10.9. The van der Waals surface area contributed by atoms with Crippen LogP contribution >= 0.6 is 0 Å². The normalized spacial score (nSPS) is 16.0. The quantitative estimate of drug-likeness (QED) is 0.615. The smallest absolute Gasteiger partial charge is 0.229 e. The fraction of sp³-hybridized carbons (Fsp3) is 0.455. The maximum Gasteiger partial charge on any atom is 0.229 e. The van der Waals surface area contributed by atoms with Crippen LogP contribution in [0.4, 0.5) is 5.95 Å². The number of likely N-dealkylation sites (tertiary alicyclic amines) is 1. The highest BCUT2D eigenvalue weighted by Crippen LogP contribution is 2.25. The number of carbonyl (C=O) groups excluding carboxylic acids is 1. The fourth-order valence-electron chi connectivity index (χ4n) is 4.05. The van der Waals surface area contributed by atoms with Crippen molar-refractivity contribution in [3.63, 3.8) is 0 Å². The van der Waals surface area contributed by atoms with E-state index in [0.717, 1.165) is 49.0 Å². The molecule has 0 aliphatic carbocycles. The Labute approximate surface area is 192 Å². The summed E-state index contributed by atoms with van der Waals surface area (Å²) in [5.41, 5.74) is 2.39. The third-order valence-electron chi connectivity index (χ3n) is 5.71. The Morgan fingerprint density at radius 3 is 2.59 bits per heavy atom. The van der Waals surface area contributed by atoms with Gasteiger partial charge in [0.1, 0.15) is 0 Å². The van der Waals surface area contributed by atoms with Gasteiger partial charge in [-0.25, -0.2) is 9.97 Å². The number of benzene rings is 1. The van der Waals surface area contributed by atoms with Gasteiger partial charge in [0.25, 0.3) is 0 Å². The van der Waals surface area contributed by atoms with Crippen LogP contribution in [0.1, 0.15) is 26.7 Å². The SMILES string of the molecule is [B]C([B])([B])n1cc(-c2ccc3cnc(NC(=O)C4CCN(CC(C)C)CC4)nc3c2)cn1. The molecule has 1 aromatic carbocycles. The zero-order chi connectivity index (χ0) is 22.9. The number of hydrogen-bond donors (Lipinski definition) is 1. The van der Waals surface area contributed by atoms with Crippen LogP contribution < -0.4 is 5.32 Å². The minimum atomic E-state index is -1.57. The van der Waals surface area contributed by atoms with E-state index >= 15 is 0 Å². The van der Waals surface area contributed by atoms with Gasteiger partial charge in [-0.15, -0.1) is 0 Å². The van der Waals surface area contributed by atoms with Crippen LogP contribution in [0.3, 0.4) is 0 Å². The molecule has 1 amide bonds. The summed E-state index contributed by atoms with van der Waals surface area (Å²) in [6.45, 7) is 7.40. The van der Waals surface area contributed by atoms with Crippen molar-refractivity contribution in [2.75, 3.05) is 25.0 Å². The predicted octanol–water partition coefficient (Wildman–Crippen LogP) is 1.87. The summed E-state index contributed by atoms with van der Waals surface area (Å²) in [7, 11) is 17.1. The van der Waals surface area contributed by atoms with Crippen LogP contribution in [-0.4, -0.2) is 73.7 Å². The second kappa shape index (κ2) is 9.10. The highest BCUT2D eigenvalue weighted by Gasteiger charge is 2.25. The standard InChI is InChI=1S/C22H25B3N6O/c1-14(2)12-30-7-5-15(6-8-30)20(32)29-21-26-10-17-4-3-16(9-19(17)28-21)18-11-27-31(13-18)22(23,24)25/h3-4,9-11,13-15H,5-8,12H2,1-2H3,(H,26,28,29,32). The minimum absolute atomic E-state index is 0.0149. The number of piperidine rings is 1. The van der Waals surface area contributed by atoms with Crippen molar-refractivity contribution in [1.82, 2.24) is 24.6 Å². The van der Waals surface area contributed by atoms with Gasteiger partial charge in [0.15, 0.2) is 0 Å². The Balaban J connectivity index is 1.46. The lowest BCUT2D eigenvalue weighted by Gasteiger charge is -2.32. The van der Waals surface area contributed by atoms with Crippen molar-refractivity contribution < 1.29 is 4.79 Å². The van der Waals surface area contributed by atoms with Crippen molar-refractivity contribution in [3.8, 4) is 11.1 Å². The number of hydrogen-bond acceptors (Lipinski definition) is 5. The molecular weight excluding hydrogens is 397 g/mol. The number of nitrogens with zero attached hydrogens (tertiary/aromatic N) is 5. The number of aromatic nitrogens is 4. The van der Waals surface area contributed by atoms with E-state index in [0.29, 0.717) is 17.4 Å².